The van der Waals surface area contributed by atoms with Crippen molar-refractivity contribution >= 4 is 29.3 Å². The van der Waals surface area contributed by atoms with Gasteiger partial charge in [0.2, 0.25) is 0 Å². The minimum absolute atomic E-state index is 0.0802. The number of aryl methyl sites for hydroxylation is 1. The van der Waals surface area contributed by atoms with E-state index in [9.17, 15) is 19.5 Å². The summed E-state index contributed by atoms with van der Waals surface area (Å²) in [5.41, 5.74) is 4.86. The first-order valence-corrected chi connectivity index (χ1v) is 13.3. The molecule has 4 rings (SSSR count). The summed E-state index contributed by atoms with van der Waals surface area (Å²) in [5, 5.41) is 15.5. The van der Waals surface area contributed by atoms with Crippen LogP contribution in [0.15, 0.2) is 66.9 Å². The Kier molecular flexibility index (Phi) is 8.83. The third-order valence-electron chi connectivity index (χ3n) is 6.58. The highest BCUT2D eigenvalue weighted by atomic mass is 16.5. The number of ether oxygens (including phenoxy) is 1. The molecule has 1 unspecified atom stereocenters. The number of carbonyl (C=O) groups excluding carboxylic acids is 2. The molecule has 0 spiro atoms. The second kappa shape index (κ2) is 12.5. The average Bonchev–Trinajstić information content (AvgIpc) is 3.30. The molecular weight excluding hydrogens is 508 g/mol. The van der Waals surface area contributed by atoms with Gasteiger partial charge >= 0.3 is 11.9 Å². The molecule has 0 bridgehead atoms. The van der Waals surface area contributed by atoms with E-state index in [-0.39, 0.29) is 25.1 Å². The van der Waals surface area contributed by atoms with Crippen LogP contribution < -0.4 is 10.6 Å². The van der Waals surface area contributed by atoms with Crippen molar-refractivity contribution in [1.29, 1.82) is 0 Å². The number of carboxylic acids is 1. The van der Waals surface area contributed by atoms with Gasteiger partial charge in [0.15, 0.2) is 5.65 Å². The Labute approximate surface area is 233 Å². The lowest BCUT2D eigenvalue weighted by molar-refractivity contribution is -0.141. The minimum Gasteiger partial charge on any atom is -0.481 e. The lowest BCUT2D eigenvalue weighted by Crippen LogP contribution is -2.30. The zero-order chi connectivity index (χ0) is 28.8. The zero-order valence-corrected chi connectivity index (χ0v) is 23.1. The van der Waals surface area contributed by atoms with Gasteiger partial charge in [0, 0.05) is 11.8 Å². The number of amides is 1. The van der Waals surface area contributed by atoms with Gasteiger partial charge in [-0.3, -0.25) is 18.8 Å². The van der Waals surface area contributed by atoms with Crippen LogP contribution in [0.4, 0.5) is 5.82 Å². The number of benzene rings is 2. The van der Waals surface area contributed by atoms with Crippen LogP contribution in [0.2, 0.25) is 0 Å². The maximum atomic E-state index is 13.6. The zero-order valence-electron chi connectivity index (χ0n) is 23.1. The predicted molar refractivity (Wildman–Crippen MR) is 153 cm³/mol. The molecule has 0 aliphatic heterocycles. The van der Waals surface area contributed by atoms with Crippen molar-refractivity contribution in [1.82, 2.24) is 14.7 Å². The van der Waals surface area contributed by atoms with E-state index in [2.05, 4.69) is 24.5 Å². The minimum atomic E-state index is -1.02. The van der Waals surface area contributed by atoms with Crippen LogP contribution in [0.3, 0.4) is 0 Å². The van der Waals surface area contributed by atoms with E-state index in [0.29, 0.717) is 28.6 Å². The van der Waals surface area contributed by atoms with Gasteiger partial charge in [-0.05, 0) is 43.0 Å². The summed E-state index contributed by atoms with van der Waals surface area (Å²) in [6.07, 6.45) is 1.49. The van der Waals surface area contributed by atoms with Crippen LogP contribution >= 0.6 is 0 Å². The van der Waals surface area contributed by atoms with Crippen LogP contribution in [0.25, 0.3) is 16.9 Å². The van der Waals surface area contributed by atoms with E-state index in [1.807, 2.05) is 49.4 Å². The van der Waals surface area contributed by atoms with Crippen molar-refractivity contribution in [2.75, 3.05) is 18.5 Å². The fourth-order valence-corrected chi connectivity index (χ4v) is 4.56. The van der Waals surface area contributed by atoms with Gasteiger partial charge in [-0.15, -0.1) is 0 Å². The summed E-state index contributed by atoms with van der Waals surface area (Å²) in [6.45, 7) is 8.07. The summed E-state index contributed by atoms with van der Waals surface area (Å²) in [4.78, 5) is 42.2. The van der Waals surface area contributed by atoms with Crippen molar-refractivity contribution in [2.24, 2.45) is 0 Å². The molecule has 4 aromatic rings. The van der Waals surface area contributed by atoms with Crippen LogP contribution in [0.1, 0.15) is 66.2 Å². The van der Waals surface area contributed by atoms with Crippen molar-refractivity contribution in [2.45, 2.75) is 46.1 Å². The summed E-state index contributed by atoms with van der Waals surface area (Å²) in [7, 11) is 0. The van der Waals surface area contributed by atoms with Gasteiger partial charge in [-0.25, -0.2) is 4.98 Å². The van der Waals surface area contributed by atoms with Crippen molar-refractivity contribution < 1.29 is 24.2 Å². The molecular formula is C31H34N4O5. The third-order valence-corrected chi connectivity index (χ3v) is 6.58. The lowest BCUT2D eigenvalue weighted by Gasteiger charge is -2.18. The Morgan fingerprint density at radius 3 is 2.42 bits per heavy atom. The molecule has 0 aliphatic carbocycles. The SMILES string of the molecule is CCOC(=O)CNc1c(-c2ccc(C(C)C)cc2)nc2c(C(=O)NC(CC(=O)O)c3cccc(C)c3)cccn12. The Bertz CT molecular complexity index is 1520. The molecule has 0 radical (unpaired) electrons. The first-order valence-electron chi connectivity index (χ1n) is 13.3. The van der Waals surface area contributed by atoms with E-state index < -0.39 is 23.9 Å². The molecule has 40 heavy (non-hydrogen) atoms. The van der Waals surface area contributed by atoms with E-state index in [1.54, 1.807) is 35.7 Å². The number of esters is 1. The van der Waals surface area contributed by atoms with Gasteiger partial charge in [0.25, 0.3) is 5.91 Å². The standard InChI is InChI=1S/C31H34N4O5/c1-5-40-27(38)18-32-30-28(22-13-11-21(12-14-22)19(2)3)34-29-24(10-7-15-35(29)30)31(39)33-25(17-26(36)37)23-9-6-8-20(4)16-23/h6-16,19,25,32H,5,17-18H2,1-4H3,(H,33,39)(H,36,37). The first-order chi connectivity index (χ1) is 19.2. The molecule has 0 aliphatic rings. The smallest absolute Gasteiger partial charge is 0.325 e. The number of nitrogens with one attached hydrogen (secondary N) is 2. The number of hydrogen-bond donors (Lipinski definition) is 3. The Morgan fingerprint density at radius 1 is 1.02 bits per heavy atom. The summed E-state index contributed by atoms with van der Waals surface area (Å²) < 4.78 is 6.81. The highest BCUT2D eigenvalue weighted by Gasteiger charge is 2.24. The highest BCUT2D eigenvalue weighted by molar-refractivity contribution is 6.01. The number of carbonyl (C=O) groups is 3. The normalized spacial score (nSPS) is 11.8. The maximum Gasteiger partial charge on any atom is 0.325 e. The molecule has 3 N–H and O–H groups in total. The number of anilines is 1. The molecule has 208 valence electrons. The number of fused-ring (bicyclic) bond motifs is 1. The maximum absolute atomic E-state index is 13.6. The molecule has 2 aromatic carbocycles. The second-order valence-corrected chi connectivity index (χ2v) is 9.90. The van der Waals surface area contributed by atoms with E-state index >= 15 is 0 Å². The molecule has 2 heterocycles. The fraction of sp³-hybridized carbons (Fsp3) is 0.290. The van der Waals surface area contributed by atoms with Crippen molar-refractivity contribution in [3.63, 3.8) is 0 Å². The van der Waals surface area contributed by atoms with Crippen molar-refractivity contribution in [3.05, 3.63) is 89.1 Å². The molecule has 0 saturated carbocycles. The predicted octanol–water partition coefficient (Wildman–Crippen LogP) is 5.35. The van der Waals surface area contributed by atoms with Crippen LogP contribution in [-0.2, 0) is 14.3 Å². The largest absolute Gasteiger partial charge is 0.481 e. The average molecular weight is 543 g/mol. The van der Waals surface area contributed by atoms with Gasteiger partial charge in [0.1, 0.15) is 18.1 Å². The van der Waals surface area contributed by atoms with Gasteiger partial charge in [-0.2, -0.15) is 0 Å². The number of aliphatic carboxylic acids is 1. The lowest BCUT2D eigenvalue weighted by atomic mass is 10.0. The Balaban J connectivity index is 1.76. The van der Waals surface area contributed by atoms with E-state index in [1.165, 1.54) is 5.56 Å². The van der Waals surface area contributed by atoms with Gasteiger partial charge in [-0.1, -0.05) is 67.9 Å². The number of rotatable bonds is 11. The number of imidazole rings is 1. The van der Waals surface area contributed by atoms with E-state index in [0.717, 1.165) is 11.1 Å². The molecule has 2 aromatic heterocycles. The topological polar surface area (TPSA) is 122 Å². The van der Waals surface area contributed by atoms with Crippen LogP contribution in [0, 0.1) is 6.92 Å². The number of aromatic nitrogens is 2. The molecule has 1 atom stereocenters. The summed E-state index contributed by atoms with van der Waals surface area (Å²) in [5.74, 6) is -0.998. The molecule has 0 saturated heterocycles. The first kappa shape index (κ1) is 28.4. The fourth-order valence-electron chi connectivity index (χ4n) is 4.56. The summed E-state index contributed by atoms with van der Waals surface area (Å²) in [6, 6.07) is 18.0. The molecule has 9 heteroatoms. The molecule has 1 amide bonds. The quantitative estimate of drug-likeness (QED) is 0.218. The van der Waals surface area contributed by atoms with Gasteiger partial charge < -0.3 is 20.5 Å². The van der Waals surface area contributed by atoms with Crippen LogP contribution in [-0.4, -0.2) is 45.5 Å². The Morgan fingerprint density at radius 2 is 1.77 bits per heavy atom. The molecule has 9 nitrogen and oxygen atoms in total. The number of hydrogen-bond acceptors (Lipinski definition) is 6. The number of carboxylic acid groups (broad SMARTS) is 1. The van der Waals surface area contributed by atoms with Crippen LogP contribution in [0.5, 0.6) is 0 Å². The van der Waals surface area contributed by atoms with E-state index in [4.69, 9.17) is 9.72 Å². The second-order valence-electron chi connectivity index (χ2n) is 9.90. The monoisotopic (exact) mass is 542 g/mol. The Hall–Kier alpha value is -4.66. The third kappa shape index (κ3) is 6.48. The molecule has 0 fully saturated rings. The van der Waals surface area contributed by atoms with Gasteiger partial charge in [0.05, 0.1) is 24.6 Å². The highest BCUT2D eigenvalue weighted by Crippen LogP contribution is 2.31. The number of pyridine rings is 1. The summed E-state index contributed by atoms with van der Waals surface area (Å²) >= 11 is 0. The number of nitrogens with zero attached hydrogens (tertiary/aromatic N) is 2. The van der Waals surface area contributed by atoms with Crippen molar-refractivity contribution in [3.8, 4) is 11.3 Å².